The summed E-state index contributed by atoms with van der Waals surface area (Å²) < 4.78 is 43.7. The lowest BCUT2D eigenvalue weighted by Crippen LogP contribution is -2.06. The van der Waals surface area contributed by atoms with Crippen LogP contribution in [-0.2, 0) is 12.7 Å². The first kappa shape index (κ1) is 12.6. The highest BCUT2D eigenvalue weighted by Crippen LogP contribution is 2.36. The zero-order valence-corrected chi connectivity index (χ0v) is 9.58. The second-order valence-electron chi connectivity index (χ2n) is 3.71. The molecule has 0 aliphatic carbocycles. The van der Waals surface area contributed by atoms with Gasteiger partial charge in [-0.1, -0.05) is 12.1 Å². The van der Waals surface area contributed by atoms with Crippen LogP contribution in [0.4, 0.5) is 13.2 Å². The molecule has 6 heteroatoms. The largest absolute Gasteiger partial charge is 0.440 e. The Labute approximate surface area is 102 Å². The lowest BCUT2D eigenvalue weighted by atomic mass is 10.1. The molecule has 0 unspecified atom stereocenters. The van der Waals surface area contributed by atoms with E-state index >= 15 is 0 Å². The van der Waals surface area contributed by atoms with Gasteiger partial charge in [0.25, 0.3) is 0 Å². The molecule has 2 aromatic rings. The molecule has 1 aromatic heterocycles. The van der Waals surface area contributed by atoms with E-state index in [1.165, 1.54) is 24.4 Å². The summed E-state index contributed by atoms with van der Waals surface area (Å²) in [6.07, 6.45) is -3.01. The Morgan fingerprint density at radius 3 is 2.67 bits per heavy atom. The quantitative estimate of drug-likeness (QED) is 0.917. The first-order chi connectivity index (χ1) is 8.52. The van der Waals surface area contributed by atoms with Gasteiger partial charge in [0.15, 0.2) is 0 Å². The first-order valence-electron chi connectivity index (χ1n) is 5.28. The summed E-state index contributed by atoms with van der Waals surface area (Å²) in [6, 6.07) is 5.21. The van der Waals surface area contributed by atoms with E-state index in [1.54, 1.807) is 7.05 Å². The number of benzene rings is 1. The summed E-state index contributed by atoms with van der Waals surface area (Å²) in [5.74, 6) is 0.470. The molecule has 0 fully saturated rings. The molecule has 1 aromatic carbocycles. The Balaban J connectivity index is 2.43. The van der Waals surface area contributed by atoms with Crippen molar-refractivity contribution in [2.45, 2.75) is 12.7 Å². The predicted octanol–water partition coefficient (Wildman–Crippen LogP) is 3.08. The molecule has 1 heterocycles. The van der Waals surface area contributed by atoms with Crippen molar-refractivity contribution in [3.05, 3.63) is 41.8 Å². The predicted molar refractivity (Wildman–Crippen MR) is 59.7 cm³/mol. The SMILES string of the molecule is CNCc1cnc(-c2ccccc2C(F)(F)F)o1. The Kier molecular flexibility index (Phi) is 3.38. The van der Waals surface area contributed by atoms with Crippen LogP contribution in [0.1, 0.15) is 11.3 Å². The van der Waals surface area contributed by atoms with Crippen molar-refractivity contribution in [1.82, 2.24) is 10.3 Å². The fourth-order valence-electron chi connectivity index (χ4n) is 1.60. The van der Waals surface area contributed by atoms with Gasteiger partial charge in [0, 0.05) is 5.56 Å². The number of halogens is 3. The zero-order chi connectivity index (χ0) is 13.2. The van der Waals surface area contributed by atoms with Crippen LogP contribution in [0.5, 0.6) is 0 Å². The Hall–Kier alpha value is -1.82. The van der Waals surface area contributed by atoms with Crippen LogP contribution in [0.15, 0.2) is 34.9 Å². The topological polar surface area (TPSA) is 38.1 Å². The number of nitrogens with zero attached hydrogens (tertiary/aromatic N) is 1. The van der Waals surface area contributed by atoms with Gasteiger partial charge in [-0.3, -0.25) is 0 Å². The minimum atomic E-state index is -4.42. The minimum Gasteiger partial charge on any atom is -0.440 e. The molecule has 0 bridgehead atoms. The van der Waals surface area contributed by atoms with Gasteiger partial charge in [0.1, 0.15) is 5.76 Å². The van der Waals surface area contributed by atoms with Crippen LogP contribution in [0.25, 0.3) is 11.5 Å². The highest BCUT2D eigenvalue weighted by atomic mass is 19.4. The molecule has 0 amide bonds. The van der Waals surface area contributed by atoms with E-state index in [4.69, 9.17) is 4.42 Å². The average Bonchev–Trinajstić information content (AvgIpc) is 2.77. The van der Waals surface area contributed by atoms with Crippen LogP contribution in [0.3, 0.4) is 0 Å². The Morgan fingerprint density at radius 1 is 1.28 bits per heavy atom. The third-order valence-electron chi connectivity index (χ3n) is 2.37. The van der Waals surface area contributed by atoms with E-state index in [1.807, 2.05) is 0 Å². The average molecular weight is 256 g/mol. The zero-order valence-electron chi connectivity index (χ0n) is 9.58. The number of alkyl halides is 3. The van der Waals surface area contributed by atoms with Gasteiger partial charge in [-0.15, -0.1) is 0 Å². The molecule has 0 radical (unpaired) electrons. The van der Waals surface area contributed by atoms with Gasteiger partial charge < -0.3 is 9.73 Å². The van der Waals surface area contributed by atoms with Crippen LogP contribution in [-0.4, -0.2) is 12.0 Å². The summed E-state index contributed by atoms with van der Waals surface area (Å²) in [7, 11) is 1.71. The molecular formula is C12H11F3N2O. The van der Waals surface area contributed by atoms with Crippen molar-refractivity contribution < 1.29 is 17.6 Å². The molecule has 96 valence electrons. The number of aromatic nitrogens is 1. The van der Waals surface area contributed by atoms with Gasteiger partial charge in [0.2, 0.25) is 5.89 Å². The van der Waals surface area contributed by atoms with Gasteiger partial charge in [-0.2, -0.15) is 13.2 Å². The van der Waals surface area contributed by atoms with Gasteiger partial charge >= 0.3 is 6.18 Å². The van der Waals surface area contributed by atoms with E-state index in [0.717, 1.165) is 6.07 Å². The summed E-state index contributed by atoms with van der Waals surface area (Å²) in [4.78, 5) is 3.87. The maximum absolute atomic E-state index is 12.8. The molecule has 0 aliphatic heterocycles. The van der Waals surface area contributed by atoms with Crippen molar-refractivity contribution >= 4 is 0 Å². The molecule has 1 N–H and O–H groups in total. The van der Waals surface area contributed by atoms with E-state index in [0.29, 0.717) is 12.3 Å². The second kappa shape index (κ2) is 4.81. The van der Waals surface area contributed by atoms with Crippen molar-refractivity contribution in [2.24, 2.45) is 0 Å². The lowest BCUT2D eigenvalue weighted by Gasteiger charge is -2.09. The maximum atomic E-state index is 12.8. The third-order valence-corrected chi connectivity index (χ3v) is 2.37. The minimum absolute atomic E-state index is 0.0202. The Bertz CT molecular complexity index is 534. The second-order valence-corrected chi connectivity index (χ2v) is 3.71. The summed E-state index contributed by atoms with van der Waals surface area (Å²) in [5, 5.41) is 2.84. The van der Waals surface area contributed by atoms with E-state index in [9.17, 15) is 13.2 Å². The molecule has 3 nitrogen and oxygen atoms in total. The highest BCUT2D eigenvalue weighted by molar-refractivity contribution is 5.59. The Morgan fingerprint density at radius 2 is 2.00 bits per heavy atom. The van der Waals surface area contributed by atoms with Crippen molar-refractivity contribution in [1.29, 1.82) is 0 Å². The molecule has 18 heavy (non-hydrogen) atoms. The molecule has 2 rings (SSSR count). The van der Waals surface area contributed by atoms with Crippen LogP contribution < -0.4 is 5.32 Å². The monoisotopic (exact) mass is 256 g/mol. The van der Waals surface area contributed by atoms with Gasteiger partial charge in [-0.05, 0) is 19.2 Å². The standard InChI is InChI=1S/C12H11F3N2O/c1-16-6-8-7-17-11(18-8)9-4-2-3-5-10(9)12(13,14)15/h2-5,7,16H,6H2,1H3. The lowest BCUT2D eigenvalue weighted by molar-refractivity contribution is -0.137. The normalized spacial score (nSPS) is 11.8. The number of hydrogen-bond donors (Lipinski definition) is 1. The number of hydrogen-bond acceptors (Lipinski definition) is 3. The van der Waals surface area contributed by atoms with Crippen molar-refractivity contribution in [3.8, 4) is 11.5 Å². The smallest absolute Gasteiger partial charge is 0.417 e. The van der Waals surface area contributed by atoms with Crippen LogP contribution in [0.2, 0.25) is 0 Å². The van der Waals surface area contributed by atoms with Gasteiger partial charge in [-0.25, -0.2) is 4.98 Å². The number of rotatable bonds is 3. The maximum Gasteiger partial charge on any atom is 0.417 e. The molecule has 0 saturated heterocycles. The van der Waals surface area contributed by atoms with Crippen molar-refractivity contribution in [2.75, 3.05) is 7.05 Å². The molecule has 0 aliphatic rings. The van der Waals surface area contributed by atoms with Crippen LogP contribution in [0, 0.1) is 0 Å². The van der Waals surface area contributed by atoms with Gasteiger partial charge in [0.05, 0.1) is 18.3 Å². The molecule has 0 atom stereocenters. The number of nitrogens with one attached hydrogen (secondary N) is 1. The summed E-state index contributed by atoms with van der Waals surface area (Å²) in [5.41, 5.74) is -0.796. The molecule has 0 saturated carbocycles. The summed E-state index contributed by atoms with van der Waals surface area (Å²) in [6.45, 7) is 0.418. The highest BCUT2D eigenvalue weighted by Gasteiger charge is 2.34. The van der Waals surface area contributed by atoms with E-state index < -0.39 is 11.7 Å². The first-order valence-corrected chi connectivity index (χ1v) is 5.28. The fraction of sp³-hybridized carbons (Fsp3) is 0.250. The number of oxazole rings is 1. The molecule has 0 spiro atoms. The molecular weight excluding hydrogens is 245 g/mol. The fourth-order valence-corrected chi connectivity index (χ4v) is 1.60. The summed E-state index contributed by atoms with van der Waals surface area (Å²) >= 11 is 0. The van der Waals surface area contributed by atoms with E-state index in [-0.39, 0.29) is 11.5 Å². The van der Waals surface area contributed by atoms with Crippen LogP contribution >= 0.6 is 0 Å². The van der Waals surface area contributed by atoms with E-state index in [2.05, 4.69) is 10.3 Å². The van der Waals surface area contributed by atoms with Crippen molar-refractivity contribution in [3.63, 3.8) is 0 Å². The third kappa shape index (κ3) is 2.53.